The second-order valence-electron chi connectivity index (χ2n) is 2.73. The van der Waals surface area contributed by atoms with Gasteiger partial charge in [-0.15, -0.1) is 13.2 Å². The average molecular weight is 306 g/mol. The summed E-state index contributed by atoms with van der Waals surface area (Å²) in [6.07, 6.45) is -7.77. The van der Waals surface area contributed by atoms with Gasteiger partial charge in [0.1, 0.15) is 5.75 Å². The van der Waals surface area contributed by atoms with Crippen molar-refractivity contribution in [3.63, 3.8) is 0 Å². The number of nitrogens with two attached hydrogens (primary N) is 1. The Morgan fingerprint density at radius 3 is 2.25 bits per heavy atom. The van der Waals surface area contributed by atoms with Crippen molar-refractivity contribution in [3.8, 4) is 5.75 Å². The third-order valence-electron chi connectivity index (χ3n) is 1.64. The van der Waals surface area contributed by atoms with E-state index in [1.807, 2.05) is 0 Å². The molecule has 16 heavy (non-hydrogen) atoms. The van der Waals surface area contributed by atoms with Crippen LogP contribution >= 0.6 is 15.9 Å². The molecule has 0 unspecified atom stereocenters. The van der Waals surface area contributed by atoms with E-state index in [2.05, 4.69) is 20.7 Å². The molecule has 0 aliphatic rings. The highest BCUT2D eigenvalue weighted by molar-refractivity contribution is 9.10. The Labute approximate surface area is 95.3 Å². The lowest BCUT2D eigenvalue weighted by atomic mass is 10.2. The van der Waals surface area contributed by atoms with Crippen LogP contribution in [-0.2, 0) is 0 Å². The molecule has 0 saturated heterocycles. The first-order chi connectivity index (χ1) is 7.22. The minimum absolute atomic E-state index is 0.345. The highest BCUT2D eigenvalue weighted by Gasteiger charge is 2.32. The summed E-state index contributed by atoms with van der Waals surface area (Å²) in [5, 5.41) is 0. The summed E-state index contributed by atoms with van der Waals surface area (Å²) in [4.78, 5) is 0. The van der Waals surface area contributed by atoms with Crippen molar-refractivity contribution in [2.45, 2.75) is 12.8 Å². The third kappa shape index (κ3) is 2.97. The standard InChI is InChI=1S/C8H5BrF5NO/c9-5-4(16-8(12,13)14)2-1-3(6(5)15)7(10)11/h1-2,7H,15H2. The summed E-state index contributed by atoms with van der Waals surface area (Å²) in [5.74, 6) is -0.658. The molecule has 0 aromatic heterocycles. The Kier molecular flexibility index (Phi) is 3.61. The molecule has 0 spiro atoms. The Morgan fingerprint density at radius 2 is 1.81 bits per heavy atom. The van der Waals surface area contributed by atoms with Gasteiger partial charge in [-0.3, -0.25) is 0 Å². The molecule has 0 atom stereocenters. The van der Waals surface area contributed by atoms with E-state index >= 15 is 0 Å². The molecule has 1 aromatic rings. The summed E-state index contributed by atoms with van der Waals surface area (Å²) < 4.78 is 63.5. The van der Waals surface area contributed by atoms with Crippen molar-refractivity contribution >= 4 is 21.6 Å². The number of benzene rings is 1. The first kappa shape index (κ1) is 13.0. The first-order valence-corrected chi connectivity index (χ1v) is 4.63. The number of anilines is 1. The molecule has 90 valence electrons. The monoisotopic (exact) mass is 305 g/mol. The zero-order chi connectivity index (χ0) is 12.5. The Hall–Kier alpha value is -1.05. The van der Waals surface area contributed by atoms with Gasteiger partial charge in [-0.2, -0.15) is 0 Å². The number of ether oxygens (including phenoxy) is 1. The fourth-order valence-corrected chi connectivity index (χ4v) is 1.42. The van der Waals surface area contributed by atoms with Crippen molar-refractivity contribution in [1.29, 1.82) is 0 Å². The molecule has 0 heterocycles. The van der Waals surface area contributed by atoms with E-state index in [0.29, 0.717) is 0 Å². The number of nitrogen functional groups attached to an aromatic ring is 1. The van der Waals surface area contributed by atoms with Crippen LogP contribution in [0.1, 0.15) is 12.0 Å². The molecule has 0 amide bonds. The summed E-state index contributed by atoms with van der Waals surface area (Å²) in [6.45, 7) is 0. The smallest absolute Gasteiger partial charge is 0.405 e. The minimum Gasteiger partial charge on any atom is -0.405 e. The van der Waals surface area contributed by atoms with Gasteiger partial charge in [-0.25, -0.2) is 8.78 Å². The van der Waals surface area contributed by atoms with E-state index in [0.717, 1.165) is 12.1 Å². The van der Waals surface area contributed by atoms with Gasteiger partial charge in [0, 0.05) is 5.56 Å². The SMILES string of the molecule is Nc1c(C(F)F)ccc(OC(F)(F)F)c1Br. The van der Waals surface area contributed by atoms with Gasteiger partial charge in [0.05, 0.1) is 10.2 Å². The quantitative estimate of drug-likeness (QED) is 0.665. The second kappa shape index (κ2) is 4.44. The number of hydrogen-bond donors (Lipinski definition) is 1. The van der Waals surface area contributed by atoms with Gasteiger partial charge < -0.3 is 10.5 Å². The van der Waals surface area contributed by atoms with Crippen LogP contribution in [-0.4, -0.2) is 6.36 Å². The van der Waals surface area contributed by atoms with Crippen LogP contribution in [0.3, 0.4) is 0 Å². The van der Waals surface area contributed by atoms with Crippen molar-refractivity contribution in [3.05, 3.63) is 22.2 Å². The zero-order valence-electron chi connectivity index (χ0n) is 7.49. The lowest BCUT2D eigenvalue weighted by molar-refractivity contribution is -0.274. The molecule has 2 nitrogen and oxygen atoms in total. The van der Waals surface area contributed by atoms with Crippen LogP contribution in [0.25, 0.3) is 0 Å². The van der Waals surface area contributed by atoms with Crippen LogP contribution in [0.15, 0.2) is 16.6 Å². The van der Waals surface area contributed by atoms with Gasteiger partial charge in [0.15, 0.2) is 0 Å². The van der Waals surface area contributed by atoms with E-state index in [1.165, 1.54) is 0 Å². The maximum absolute atomic E-state index is 12.3. The molecule has 0 fully saturated rings. The molecular weight excluding hydrogens is 301 g/mol. The number of rotatable bonds is 2. The molecule has 0 aliphatic carbocycles. The van der Waals surface area contributed by atoms with Gasteiger partial charge >= 0.3 is 6.36 Å². The van der Waals surface area contributed by atoms with E-state index in [4.69, 9.17) is 5.73 Å². The minimum atomic E-state index is -4.90. The van der Waals surface area contributed by atoms with E-state index in [9.17, 15) is 22.0 Å². The van der Waals surface area contributed by atoms with Crippen molar-refractivity contribution in [2.24, 2.45) is 0 Å². The van der Waals surface area contributed by atoms with Crippen LogP contribution in [0.5, 0.6) is 5.75 Å². The highest BCUT2D eigenvalue weighted by atomic mass is 79.9. The lowest BCUT2D eigenvalue weighted by Crippen LogP contribution is -2.17. The molecule has 8 heteroatoms. The van der Waals surface area contributed by atoms with E-state index < -0.39 is 29.8 Å². The summed E-state index contributed by atoms with van der Waals surface area (Å²) in [6, 6.07) is 1.56. The Balaban J connectivity index is 3.12. The predicted molar refractivity (Wildman–Crippen MR) is 50.2 cm³/mol. The van der Waals surface area contributed by atoms with Crippen LogP contribution in [0.4, 0.5) is 27.6 Å². The van der Waals surface area contributed by atoms with Crippen LogP contribution < -0.4 is 10.5 Å². The Bertz CT molecular complexity index is 393. The summed E-state index contributed by atoms with van der Waals surface area (Å²) in [5.41, 5.74) is 4.20. The predicted octanol–water partition coefficient (Wildman–Crippen LogP) is 3.87. The number of halogens is 6. The molecule has 1 aromatic carbocycles. The molecule has 0 saturated carbocycles. The second-order valence-corrected chi connectivity index (χ2v) is 3.52. The van der Waals surface area contributed by atoms with E-state index in [1.54, 1.807) is 0 Å². The normalized spacial score (nSPS) is 11.9. The third-order valence-corrected chi connectivity index (χ3v) is 2.46. The highest BCUT2D eigenvalue weighted by Crippen LogP contribution is 2.39. The largest absolute Gasteiger partial charge is 0.573 e. The fourth-order valence-electron chi connectivity index (χ4n) is 0.982. The van der Waals surface area contributed by atoms with Crippen LogP contribution in [0, 0.1) is 0 Å². The maximum Gasteiger partial charge on any atom is 0.573 e. The lowest BCUT2D eigenvalue weighted by Gasteiger charge is -2.13. The number of hydrogen-bond acceptors (Lipinski definition) is 2. The van der Waals surface area contributed by atoms with E-state index in [-0.39, 0.29) is 4.47 Å². The van der Waals surface area contributed by atoms with Gasteiger partial charge in [0.25, 0.3) is 6.43 Å². The summed E-state index contributed by atoms with van der Waals surface area (Å²) >= 11 is 2.67. The molecule has 0 radical (unpaired) electrons. The van der Waals surface area contributed by atoms with Crippen molar-refractivity contribution < 1.29 is 26.7 Å². The van der Waals surface area contributed by atoms with Crippen molar-refractivity contribution in [1.82, 2.24) is 0 Å². The maximum atomic E-state index is 12.3. The fraction of sp³-hybridized carbons (Fsp3) is 0.250. The molecular formula is C8H5BrF5NO. The number of alkyl halides is 5. The average Bonchev–Trinajstić information content (AvgIpc) is 2.10. The molecule has 0 aliphatic heterocycles. The van der Waals surface area contributed by atoms with Gasteiger partial charge in [-0.05, 0) is 28.1 Å². The molecule has 2 N–H and O–H groups in total. The molecule has 1 rings (SSSR count). The zero-order valence-corrected chi connectivity index (χ0v) is 9.07. The molecule has 0 bridgehead atoms. The summed E-state index contributed by atoms with van der Waals surface area (Å²) in [7, 11) is 0. The topological polar surface area (TPSA) is 35.2 Å². The van der Waals surface area contributed by atoms with Crippen molar-refractivity contribution in [2.75, 3.05) is 5.73 Å². The van der Waals surface area contributed by atoms with Gasteiger partial charge in [-0.1, -0.05) is 0 Å². The Morgan fingerprint density at radius 1 is 1.25 bits per heavy atom. The van der Waals surface area contributed by atoms with Gasteiger partial charge in [0.2, 0.25) is 0 Å². The van der Waals surface area contributed by atoms with Crippen LogP contribution in [0.2, 0.25) is 0 Å². The first-order valence-electron chi connectivity index (χ1n) is 3.84.